The molecule has 0 saturated heterocycles. The Labute approximate surface area is 183 Å². The molecule has 0 atom stereocenters. The molecule has 158 valence electrons. The molecule has 0 aliphatic heterocycles. The monoisotopic (exact) mass is 434 g/mol. The lowest BCUT2D eigenvalue weighted by atomic mass is 10.2. The summed E-state index contributed by atoms with van der Waals surface area (Å²) >= 11 is 1.47. The standard InChI is InChI=1S/C21H22N8OS/c1-4-10-29-18(15-9-11-30-14(15)3)27-28-21(29)31-12-17-24-19(22)26-20(25-17)23-16-8-6-5-7-13(16)2/h4-9,11H,1,10,12H2,2-3H3,(H3,22,23,24,25,26). The highest BCUT2D eigenvalue weighted by Gasteiger charge is 2.17. The molecule has 3 N–H and O–H groups in total. The fourth-order valence-electron chi connectivity index (χ4n) is 3.03. The van der Waals surface area contributed by atoms with Gasteiger partial charge in [0.25, 0.3) is 0 Å². The number of nitrogens with zero attached hydrogens (tertiary/aromatic N) is 6. The van der Waals surface area contributed by atoms with Gasteiger partial charge in [-0.1, -0.05) is 36.0 Å². The van der Waals surface area contributed by atoms with E-state index >= 15 is 0 Å². The zero-order valence-electron chi connectivity index (χ0n) is 17.2. The van der Waals surface area contributed by atoms with Crippen LogP contribution in [0.1, 0.15) is 17.1 Å². The summed E-state index contributed by atoms with van der Waals surface area (Å²) in [7, 11) is 0. The SMILES string of the molecule is C=CCn1c(SCc2nc(N)nc(Nc3ccccc3C)n2)nnc1-c1ccoc1C. The van der Waals surface area contributed by atoms with Crippen molar-refractivity contribution in [3.8, 4) is 11.4 Å². The van der Waals surface area contributed by atoms with Crippen LogP contribution in [-0.2, 0) is 12.3 Å². The van der Waals surface area contributed by atoms with Crippen molar-refractivity contribution in [1.82, 2.24) is 29.7 Å². The quantitative estimate of drug-likeness (QED) is 0.311. The predicted molar refractivity (Wildman–Crippen MR) is 121 cm³/mol. The summed E-state index contributed by atoms with van der Waals surface area (Å²) in [6.45, 7) is 8.31. The van der Waals surface area contributed by atoms with E-state index in [2.05, 4.69) is 37.0 Å². The van der Waals surface area contributed by atoms with Crippen molar-refractivity contribution in [2.24, 2.45) is 0 Å². The first kappa shape index (κ1) is 20.6. The summed E-state index contributed by atoms with van der Waals surface area (Å²) in [5.74, 6) is 3.07. The number of aryl methyl sites for hydroxylation is 2. The molecule has 0 radical (unpaired) electrons. The van der Waals surface area contributed by atoms with Gasteiger partial charge in [0, 0.05) is 12.2 Å². The molecule has 0 saturated carbocycles. The van der Waals surface area contributed by atoms with Gasteiger partial charge >= 0.3 is 0 Å². The van der Waals surface area contributed by atoms with Crippen molar-refractivity contribution in [2.45, 2.75) is 31.3 Å². The molecule has 1 aromatic carbocycles. The number of para-hydroxylation sites is 1. The number of rotatable bonds is 8. The Balaban J connectivity index is 1.55. The van der Waals surface area contributed by atoms with E-state index in [0.717, 1.165) is 33.6 Å². The lowest BCUT2D eigenvalue weighted by Gasteiger charge is -2.10. The van der Waals surface area contributed by atoms with Gasteiger partial charge in [0.1, 0.15) is 11.6 Å². The van der Waals surface area contributed by atoms with Crippen molar-refractivity contribution in [2.75, 3.05) is 11.1 Å². The van der Waals surface area contributed by atoms with Crippen LogP contribution in [0.5, 0.6) is 0 Å². The van der Waals surface area contributed by atoms with Crippen LogP contribution in [0, 0.1) is 13.8 Å². The van der Waals surface area contributed by atoms with E-state index in [0.29, 0.717) is 24.1 Å². The van der Waals surface area contributed by atoms with E-state index in [1.54, 1.807) is 12.3 Å². The summed E-state index contributed by atoms with van der Waals surface area (Å²) in [4.78, 5) is 13.0. The van der Waals surface area contributed by atoms with Gasteiger partial charge < -0.3 is 15.5 Å². The normalized spacial score (nSPS) is 10.9. The van der Waals surface area contributed by atoms with Gasteiger partial charge in [-0.25, -0.2) is 0 Å². The first-order chi connectivity index (χ1) is 15.0. The van der Waals surface area contributed by atoms with Gasteiger partial charge in [-0.3, -0.25) is 4.57 Å². The molecule has 0 fully saturated rings. The minimum absolute atomic E-state index is 0.156. The van der Waals surface area contributed by atoms with E-state index in [-0.39, 0.29) is 5.95 Å². The number of allylic oxidation sites excluding steroid dienone is 1. The van der Waals surface area contributed by atoms with Crippen molar-refractivity contribution in [3.05, 3.63) is 66.4 Å². The van der Waals surface area contributed by atoms with Gasteiger partial charge in [-0.2, -0.15) is 15.0 Å². The number of aromatic nitrogens is 6. The van der Waals surface area contributed by atoms with E-state index in [9.17, 15) is 0 Å². The number of nitrogens with one attached hydrogen (secondary N) is 1. The Hall–Kier alpha value is -3.66. The summed E-state index contributed by atoms with van der Waals surface area (Å²) < 4.78 is 7.39. The first-order valence-electron chi connectivity index (χ1n) is 9.59. The third kappa shape index (κ3) is 4.58. The third-order valence-corrected chi connectivity index (χ3v) is 5.51. The number of thioether (sulfide) groups is 1. The van der Waals surface area contributed by atoms with Gasteiger partial charge in [0.15, 0.2) is 11.0 Å². The molecular weight excluding hydrogens is 412 g/mol. The topological polar surface area (TPSA) is 121 Å². The zero-order chi connectivity index (χ0) is 21.8. The van der Waals surface area contributed by atoms with Gasteiger partial charge in [-0.05, 0) is 31.5 Å². The van der Waals surface area contributed by atoms with E-state index in [4.69, 9.17) is 10.2 Å². The van der Waals surface area contributed by atoms with E-state index < -0.39 is 0 Å². The van der Waals surface area contributed by atoms with Gasteiger partial charge in [0.05, 0.1) is 17.6 Å². The van der Waals surface area contributed by atoms with Crippen molar-refractivity contribution < 1.29 is 4.42 Å². The number of hydrogen-bond acceptors (Lipinski definition) is 9. The molecule has 0 bridgehead atoms. The van der Waals surface area contributed by atoms with E-state index in [1.807, 2.05) is 48.7 Å². The molecule has 10 heteroatoms. The van der Waals surface area contributed by atoms with E-state index in [1.165, 1.54) is 11.8 Å². The minimum Gasteiger partial charge on any atom is -0.469 e. The number of anilines is 3. The fraction of sp³-hybridized carbons (Fsp3) is 0.190. The summed E-state index contributed by atoms with van der Waals surface area (Å²) in [6.07, 6.45) is 3.44. The molecule has 4 aromatic rings. The lowest BCUT2D eigenvalue weighted by molar-refractivity contribution is 0.534. The van der Waals surface area contributed by atoms with Crippen LogP contribution in [0.3, 0.4) is 0 Å². The largest absolute Gasteiger partial charge is 0.469 e. The molecule has 4 rings (SSSR count). The molecule has 31 heavy (non-hydrogen) atoms. The summed E-state index contributed by atoms with van der Waals surface area (Å²) in [6, 6.07) is 9.77. The maximum absolute atomic E-state index is 5.91. The van der Waals surface area contributed by atoms with Crippen LogP contribution in [0.25, 0.3) is 11.4 Å². The maximum Gasteiger partial charge on any atom is 0.232 e. The Kier molecular flexibility index (Phi) is 5.99. The predicted octanol–water partition coefficient (Wildman–Crippen LogP) is 4.14. The van der Waals surface area contributed by atoms with Gasteiger partial charge in [-0.15, -0.1) is 16.8 Å². The van der Waals surface area contributed by atoms with Crippen LogP contribution < -0.4 is 11.1 Å². The van der Waals surface area contributed by atoms with Crippen LogP contribution >= 0.6 is 11.8 Å². The molecule has 3 aromatic heterocycles. The fourth-order valence-corrected chi connectivity index (χ4v) is 3.83. The Morgan fingerprint density at radius 1 is 1.16 bits per heavy atom. The Bertz CT molecular complexity index is 1220. The zero-order valence-corrected chi connectivity index (χ0v) is 18.1. The Morgan fingerprint density at radius 2 is 2.00 bits per heavy atom. The van der Waals surface area contributed by atoms with Crippen molar-refractivity contribution in [1.29, 1.82) is 0 Å². The van der Waals surface area contributed by atoms with Crippen LogP contribution in [0.4, 0.5) is 17.6 Å². The summed E-state index contributed by atoms with van der Waals surface area (Å²) in [5.41, 5.74) is 8.81. The molecule has 9 nitrogen and oxygen atoms in total. The van der Waals surface area contributed by atoms with Crippen molar-refractivity contribution >= 4 is 29.3 Å². The number of nitrogen functional groups attached to an aromatic ring is 1. The Morgan fingerprint density at radius 3 is 2.74 bits per heavy atom. The molecule has 0 amide bonds. The number of benzene rings is 1. The molecule has 0 spiro atoms. The third-order valence-electron chi connectivity index (χ3n) is 4.55. The molecule has 0 aliphatic carbocycles. The second-order valence-electron chi connectivity index (χ2n) is 6.76. The van der Waals surface area contributed by atoms with Crippen molar-refractivity contribution in [3.63, 3.8) is 0 Å². The van der Waals surface area contributed by atoms with Crippen LogP contribution in [-0.4, -0.2) is 29.7 Å². The smallest absolute Gasteiger partial charge is 0.232 e. The average molecular weight is 435 g/mol. The number of furan rings is 1. The maximum atomic E-state index is 5.91. The second-order valence-corrected chi connectivity index (χ2v) is 7.70. The highest BCUT2D eigenvalue weighted by molar-refractivity contribution is 7.98. The highest BCUT2D eigenvalue weighted by atomic mass is 32.2. The number of hydrogen-bond donors (Lipinski definition) is 2. The minimum atomic E-state index is 0.156. The molecule has 3 heterocycles. The summed E-state index contributed by atoms with van der Waals surface area (Å²) in [5, 5.41) is 12.6. The first-order valence-corrected chi connectivity index (χ1v) is 10.6. The van der Waals surface area contributed by atoms with Gasteiger partial charge in [0.2, 0.25) is 11.9 Å². The lowest BCUT2D eigenvalue weighted by Crippen LogP contribution is -2.07. The van der Waals surface area contributed by atoms with Crippen LogP contribution in [0.2, 0.25) is 0 Å². The second kappa shape index (κ2) is 9.00. The highest BCUT2D eigenvalue weighted by Crippen LogP contribution is 2.28. The number of nitrogens with two attached hydrogens (primary N) is 1. The van der Waals surface area contributed by atoms with Crippen LogP contribution in [0.15, 0.2) is 58.8 Å². The average Bonchev–Trinajstić information content (AvgIpc) is 3.34. The molecule has 0 aliphatic rings. The molecule has 0 unspecified atom stereocenters. The molecular formula is C21H22N8OS.